The van der Waals surface area contributed by atoms with Crippen LogP contribution in [0.3, 0.4) is 0 Å². The second kappa shape index (κ2) is 2.62. The van der Waals surface area contributed by atoms with E-state index in [0.717, 1.165) is 5.56 Å². The van der Waals surface area contributed by atoms with Crippen LogP contribution in [-0.4, -0.2) is 0 Å². The van der Waals surface area contributed by atoms with E-state index in [1.54, 1.807) is 11.3 Å². The summed E-state index contributed by atoms with van der Waals surface area (Å²) in [4.78, 5) is 0. The predicted octanol–water partition coefficient (Wildman–Crippen LogP) is 1.27. The molecule has 1 aromatic rings. The van der Waals surface area contributed by atoms with Crippen molar-refractivity contribution in [2.75, 3.05) is 0 Å². The van der Waals surface area contributed by atoms with Crippen molar-refractivity contribution < 1.29 is 0 Å². The second-order valence-electron chi connectivity index (χ2n) is 1.66. The molecule has 0 spiro atoms. The molecule has 0 unspecified atom stereocenters. The van der Waals surface area contributed by atoms with Gasteiger partial charge < -0.3 is 5.73 Å². The quantitative estimate of drug-likeness (QED) is 0.635. The monoisotopic (exact) mass is 138 g/mol. The molecule has 0 aliphatic heterocycles. The molecule has 0 aliphatic rings. The zero-order valence-corrected chi connectivity index (χ0v) is 5.56. The number of thiophene rings is 1. The molecule has 46 valence electrons. The smallest absolute Gasteiger partial charge is 0.119 e. The summed E-state index contributed by atoms with van der Waals surface area (Å²) in [5.41, 5.74) is 6.29. The molecule has 0 saturated heterocycles. The van der Waals surface area contributed by atoms with Gasteiger partial charge in [-0.2, -0.15) is 16.6 Å². The van der Waals surface area contributed by atoms with E-state index in [-0.39, 0.29) is 0 Å². The molecule has 1 heterocycles. The fraction of sp³-hybridized carbons (Fsp3) is 0.167. The lowest BCUT2D eigenvalue weighted by Crippen LogP contribution is -2.04. The molecule has 2 nitrogen and oxygen atoms in total. The number of hydrogen-bond donors (Lipinski definition) is 1. The Bertz CT molecular complexity index is 209. The van der Waals surface area contributed by atoms with Crippen LogP contribution in [-0.2, 0) is 0 Å². The van der Waals surface area contributed by atoms with Gasteiger partial charge in [0, 0.05) is 0 Å². The van der Waals surface area contributed by atoms with Crippen molar-refractivity contribution in [1.82, 2.24) is 0 Å². The van der Waals surface area contributed by atoms with E-state index in [2.05, 4.69) is 0 Å². The summed E-state index contributed by atoms with van der Waals surface area (Å²) in [5.74, 6) is 0. The van der Waals surface area contributed by atoms with Crippen LogP contribution in [0.1, 0.15) is 11.6 Å². The number of nitriles is 1. The molecule has 0 bridgehead atoms. The minimum Gasteiger partial charge on any atom is -0.312 e. The minimum atomic E-state index is -0.448. The molecule has 3 heteroatoms. The lowest BCUT2D eigenvalue weighted by atomic mass is 10.2. The third-order valence-electron chi connectivity index (χ3n) is 1.04. The first-order valence-electron chi connectivity index (χ1n) is 2.52. The maximum absolute atomic E-state index is 8.34. The van der Waals surface area contributed by atoms with Crippen LogP contribution in [0.2, 0.25) is 0 Å². The summed E-state index contributed by atoms with van der Waals surface area (Å²) in [5, 5.41) is 12.1. The van der Waals surface area contributed by atoms with Crippen LogP contribution in [0.15, 0.2) is 16.8 Å². The second-order valence-corrected chi connectivity index (χ2v) is 2.44. The van der Waals surface area contributed by atoms with E-state index in [0.29, 0.717) is 0 Å². The Morgan fingerprint density at radius 3 is 3.00 bits per heavy atom. The number of nitrogens with zero attached hydrogens (tertiary/aromatic N) is 1. The molecule has 1 rings (SSSR count). The molecule has 2 N–H and O–H groups in total. The van der Waals surface area contributed by atoms with Gasteiger partial charge in [0.15, 0.2) is 0 Å². The largest absolute Gasteiger partial charge is 0.312 e. The summed E-state index contributed by atoms with van der Waals surface area (Å²) in [6.45, 7) is 0. The van der Waals surface area contributed by atoms with Gasteiger partial charge in [-0.05, 0) is 22.4 Å². The first-order valence-corrected chi connectivity index (χ1v) is 3.46. The van der Waals surface area contributed by atoms with E-state index in [1.807, 2.05) is 22.9 Å². The molecule has 0 aromatic carbocycles. The van der Waals surface area contributed by atoms with Crippen LogP contribution in [0.4, 0.5) is 0 Å². The van der Waals surface area contributed by atoms with Crippen LogP contribution >= 0.6 is 11.3 Å². The fourth-order valence-electron chi connectivity index (χ4n) is 0.526. The lowest BCUT2D eigenvalue weighted by Gasteiger charge is -1.93. The number of nitrogens with two attached hydrogens (primary N) is 1. The maximum atomic E-state index is 8.34. The highest BCUT2D eigenvalue weighted by Crippen LogP contribution is 2.12. The highest BCUT2D eigenvalue weighted by molar-refractivity contribution is 7.07. The van der Waals surface area contributed by atoms with Gasteiger partial charge in [0.25, 0.3) is 0 Å². The Labute approximate surface area is 57.5 Å². The maximum Gasteiger partial charge on any atom is 0.119 e. The van der Waals surface area contributed by atoms with Crippen LogP contribution < -0.4 is 5.73 Å². The lowest BCUT2D eigenvalue weighted by molar-refractivity contribution is 0.933. The van der Waals surface area contributed by atoms with Gasteiger partial charge in [-0.15, -0.1) is 0 Å². The van der Waals surface area contributed by atoms with Gasteiger partial charge in [-0.1, -0.05) is 0 Å². The van der Waals surface area contributed by atoms with Gasteiger partial charge in [-0.3, -0.25) is 0 Å². The summed E-state index contributed by atoms with van der Waals surface area (Å²) in [6.07, 6.45) is 0. The standard InChI is InChI=1S/C6H6N2S/c7-3-6(8)5-1-2-9-4-5/h1-2,4,6H,8H2/t6-/m0/s1. The van der Waals surface area contributed by atoms with E-state index in [4.69, 9.17) is 11.0 Å². The Morgan fingerprint density at radius 2 is 2.56 bits per heavy atom. The van der Waals surface area contributed by atoms with Crippen molar-refractivity contribution >= 4 is 11.3 Å². The number of hydrogen-bond acceptors (Lipinski definition) is 3. The van der Waals surface area contributed by atoms with Gasteiger partial charge >= 0.3 is 0 Å². The molecular weight excluding hydrogens is 132 g/mol. The first kappa shape index (κ1) is 6.27. The van der Waals surface area contributed by atoms with Crippen molar-refractivity contribution in [3.8, 4) is 6.07 Å². The summed E-state index contributed by atoms with van der Waals surface area (Å²) >= 11 is 1.55. The Hall–Kier alpha value is -0.850. The molecule has 1 atom stereocenters. The first-order chi connectivity index (χ1) is 4.34. The number of rotatable bonds is 1. The van der Waals surface area contributed by atoms with E-state index in [1.165, 1.54) is 0 Å². The van der Waals surface area contributed by atoms with Crippen LogP contribution in [0.25, 0.3) is 0 Å². The van der Waals surface area contributed by atoms with Gasteiger partial charge in [0.2, 0.25) is 0 Å². The summed E-state index contributed by atoms with van der Waals surface area (Å²) in [7, 11) is 0. The zero-order chi connectivity index (χ0) is 6.69. The fourth-order valence-corrected chi connectivity index (χ4v) is 1.22. The molecule has 1 aromatic heterocycles. The Morgan fingerprint density at radius 1 is 1.78 bits per heavy atom. The van der Waals surface area contributed by atoms with E-state index < -0.39 is 6.04 Å². The molecule has 0 radical (unpaired) electrons. The topological polar surface area (TPSA) is 49.8 Å². The summed E-state index contributed by atoms with van der Waals surface area (Å²) in [6, 6.07) is 3.36. The zero-order valence-electron chi connectivity index (χ0n) is 4.74. The molecule has 0 amide bonds. The van der Waals surface area contributed by atoms with E-state index in [9.17, 15) is 0 Å². The third-order valence-corrected chi connectivity index (χ3v) is 1.74. The molecule has 0 fully saturated rings. The van der Waals surface area contributed by atoms with Crippen LogP contribution in [0.5, 0.6) is 0 Å². The average Bonchev–Trinajstić information content (AvgIpc) is 2.37. The molecule has 9 heavy (non-hydrogen) atoms. The minimum absolute atomic E-state index is 0.448. The van der Waals surface area contributed by atoms with Crippen molar-refractivity contribution in [3.05, 3.63) is 22.4 Å². The van der Waals surface area contributed by atoms with Crippen molar-refractivity contribution in [3.63, 3.8) is 0 Å². The van der Waals surface area contributed by atoms with Gasteiger partial charge in [0.05, 0.1) is 6.07 Å². The normalized spacial score (nSPS) is 12.4. The molecular formula is C6H6N2S. The SMILES string of the molecule is N#C[C@H](N)c1ccsc1. The van der Waals surface area contributed by atoms with E-state index >= 15 is 0 Å². The van der Waals surface area contributed by atoms with Crippen LogP contribution in [0, 0.1) is 11.3 Å². The molecule has 0 aliphatic carbocycles. The van der Waals surface area contributed by atoms with Crippen molar-refractivity contribution in [1.29, 1.82) is 5.26 Å². The molecule has 0 saturated carbocycles. The van der Waals surface area contributed by atoms with Gasteiger partial charge in [0.1, 0.15) is 6.04 Å². The highest BCUT2D eigenvalue weighted by Gasteiger charge is 2.01. The van der Waals surface area contributed by atoms with Crippen molar-refractivity contribution in [2.45, 2.75) is 6.04 Å². The predicted molar refractivity (Wildman–Crippen MR) is 36.9 cm³/mol. The van der Waals surface area contributed by atoms with Crippen molar-refractivity contribution in [2.24, 2.45) is 5.73 Å². The highest BCUT2D eigenvalue weighted by atomic mass is 32.1. The van der Waals surface area contributed by atoms with Gasteiger partial charge in [-0.25, -0.2) is 0 Å². The Kier molecular flexibility index (Phi) is 1.83. The average molecular weight is 138 g/mol. The Balaban J connectivity index is 2.80. The summed E-state index contributed by atoms with van der Waals surface area (Å²) < 4.78 is 0. The third kappa shape index (κ3) is 1.28.